The summed E-state index contributed by atoms with van der Waals surface area (Å²) >= 11 is 5.98. The minimum absolute atomic E-state index is 0.0580. The SMILES string of the molecule is CC(C)OC(=O)[C@](C)(O)CN(Cc1ccc(-c2cc(Cl)ccc2F)cc1)NC(=O)c1cn(O)nn1. The van der Waals surface area contributed by atoms with Crippen LogP contribution in [0.15, 0.2) is 48.7 Å². The molecule has 0 aliphatic rings. The molecule has 0 unspecified atom stereocenters. The summed E-state index contributed by atoms with van der Waals surface area (Å²) in [5, 5.41) is 28.5. The van der Waals surface area contributed by atoms with Crippen LogP contribution in [0.3, 0.4) is 0 Å². The molecule has 3 N–H and O–H groups in total. The van der Waals surface area contributed by atoms with Crippen LogP contribution in [0.25, 0.3) is 11.1 Å². The van der Waals surface area contributed by atoms with Crippen molar-refractivity contribution < 1.29 is 29.0 Å². The predicted molar refractivity (Wildman–Crippen MR) is 124 cm³/mol. The lowest BCUT2D eigenvalue weighted by atomic mass is 10.0. The summed E-state index contributed by atoms with van der Waals surface area (Å²) in [5.41, 5.74) is 2.00. The largest absolute Gasteiger partial charge is 0.461 e. The van der Waals surface area contributed by atoms with Gasteiger partial charge in [0.05, 0.1) is 18.8 Å². The van der Waals surface area contributed by atoms with Crippen molar-refractivity contribution in [3.05, 3.63) is 70.8 Å². The van der Waals surface area contributed by atoms with Gasteiger partial charge in [0.2, 0.25) is 0 Å². The molecule has 186 valence electrons. The summed E-state index contributed by atoms with van der Waals surface area (Å²) in [5.74, 6) is -2.01. The molecule has 1 aromatic heterocycles. The van der Waals surface area contributed by atoms with Crippen LogP contribution in [0.2, 0.25) is 5.02 Å². The molecule has 0 saturated carbocycles. The average molecular weight is 506 g/mol. The molecule has 35 heavy (non-hydrogen) atoms. The molecule has 3 rings (SSSR count). The zero-order valence-corrected chi connectivity index (χ0v) is 20.0. The molecule has 3 aromatic rings. The molecule has 1 amide bonds. The molecule has 0 aliphatic heterocycles. The number of nitrogens with one attached hydrogen (secondary N) is 1. The highest BCUT2D eigenvalue weighted by Crippen LogP contribution is 2.26. The van der Waals surface area contributed by atoms with E-state index < -0.39 is 29.4 Å². The van der Waals surface area contributed by atoms with Gasteiger partial charge in [-0.2, -0.15) is 0 Å². The number of ether oxygens (including phenoxy) is 1. The summed E-state index contributed by atoms with van der Waals surface area (Å²) in [6.45, 7) is 4.29. The smallest absolute Gasteiger partial charge is 0.339 e. The molecule has 12 heteroatoms. The van der Waals surface area contributed by atoms with Gasteiger partial charge in [-0.25, -0.2) is 14.2 Å². The van der Waals surface area contributed by atoms with Gasteiger partial charge < -0.3 is 15.1 Å². The normalized spacial score (nSPS) is 13.0. The van der Waals surface area contributed by atoms with Crippen LogP contribution < -0.4 is 5.43 Å². The second-order valence-electron chi connectivity index (χ2n) is 8.37. The second kappa shape index (κ2) is 10.8. The van der Waals surface area contributed by atoms with Gasteiger partial charge in [0.15, 0.2) is 11.3 Å². The summed E-state index contributed by atoms with van der Waals surface area (Å²) in [6.07, 6.45) is 0.545. The first-order valence-electron chi connectivity index (χ1n) is 10.6. The first-order chi connectivity index (χ1) is 16.4. The molecule has 1 atom stereocenters. The van der Waals surface area contributed by atoms with Gasteiger partial charge in [0.25, 0.3) is 5.91 Å². The fraction of sp³-hybridized carbons (Fsp3) is 0.304. The van der Waals surface area contributed by atoms with Crippen LogP contribution in [-0.2, 0) is 16.1 Å². The van der Waals surface area contributed by atoms with Crippen LogP contribution in [-0.4, -0.2) is 60.6 Å². The number of hydrogen-bond acceptors (Lipinski definition) is 8. The monoisotopic (exact) mass is 505 g/mol. The van der Waals surface area contributed by atoms with E-state index in [0.29, 0.717) is 26.6 Å². The van der Waals surface area contributed by atoms with Crippen LogP contribution >= 0.6 is 11.6 Å². The number of esters is 1. The molecule has 0 radical (unpaired) electrons. The van der Waals surface area contributed by atoms with Crippen molar-refractivity contribution in [2.75, 3.05) is 6.54 Å². The standard InChI is InChI=1S/C23H25ClFN5O5/c1-14(2)35-22(32)23(3,33)13-29(27-21(31)20-12-30(34)28-26-20)11-15-4-6-16(7-5-15)18-10-17(24)8-9-19(18)25/h4-10,12,14,33-34H,11,13H2,1-3H3,(H,27,31)/t23-/m1/s1. The molecule has 10 nitrogen and oxygen atoms in total. The van der Waals surface area contributed by atoms with E-state index in [1.807, 2.05) is 0 Å². The number of aliphatic hydroxyl groups is 1. The van der Waals surface area contributed by atoms with Gasteiger partial charge in [0.1, 0.15) is 5.82 Å². The van der Waals surface area contributed by atoms with Crippen molar-refractivity contribution in [2.24, 2.45) is 0 Å². The van der Waals surface area contributed by atoms with Gasteiger partial charge in [-0.05, 0) is 55.3 Å². The highest BCUT2D eigenvalue weighted by molar-refractivity contribution is 6.30. The molecule has 0 fully saturated rings. The van der Waals surface area contributed by atoms with Gasteiger partial charge in [-0.3, -0.25) is 10.2 Å². The number of carbonyl (C=O) groups excluding carboxylic acids is 2. The lowest BCUT2D eigenvalue weighted by Gasteiger charge is -2.30. The van der Waals surface area contributed by atoms with Gasteiger partial charge >= 0.3 is 5.97 Å². The van der Waals surface area contributed by atoms with E-state index in [9.17, 15) is 24.3 Å². The lowest BCUT2D eigenvalue weighted by Crippen LogP contribution is -2.53. The van der Waals surface area contributed by atoms with E-state index in [4.69, 9.17) is 16.3 Å². The highest BCUT2D eigenvalue weighted by Gasteiger charge is 2.36. The highest BCUT2D eigenvalue weighted by atomic mass is 35.5. The Morgan fingerprint density at radius 3 is 2.54 bits per heavy atom. The zero-order chi connectivity index (χ0) is 25.8. The molecule has 0 bridgehead atoms. The Kier molecular flexibility index (Phi) is 8.05. The Morgan fingerprint density at radius 1 is 1.26 bits per heavy atom. The number of benzene rings is 2. The quantitative estimate of drug-likeness (QED) is 0.230. The summed E-state index contributed by atoms with van der Waals surface area (Å²) in [4.78, 5) is 25.3. The van der Waals surface area contributed by atoms with Gasteiger partial charge in [0, 0.05) is 17.1 Å². The van der Waals surface area contributed by atoms with E-state index in [1.54, 1.807) is 38.1 Å². The molecular weight excluding hydrogens is 481 g/mol. The van der Waals surface area contributed by atoms with E-state index in [1.165, 1.54) is 30.1 Å². The third kappa shape index (κ3) is 6.98. The predicted octanol–water partition coefficient (Wildman–Crippen LogP) is 2.82. The van der Waals surface area contributed by atoms with Gasteiger partial charge in [-0.15, -0.1) is 5.10 Å². The molecular formula is C23H25ClFN5O5. The minimum Gasteiger partial charge on any atom is -0.461 e. The second-order valence-corrected chi connectivity index (χ2v) is 8.81. The molecule has 2 aromatic carbocycles. The summed E-state index contributed by atoms with van der Waals surface area (Å²) < 4.78 is 19.3. The first kappa shape index (κ1) is 26.1. The number of rotatable bonds is 9. The lowest BCUT2D eigenvalue weighted by molar-refractivity contribution is -0.170. The number of aromatic nitrogens is 3. The third-order valence-electron chi connectivity index (χ3n) is 4.82. The Bertz CT molecular complexity index is 1200. The van der Waals surface area contributed by atoms with Crippen LogP contribution in [0.4, 0.5) is 4.39 Å². The van der Waals surface area contributed by atoms with Crippen molar-refractivity contribution in [3.63, 3.8) is 0 Å². The minimum atomic E-state index is -1.96. The van der Waals surface area contributed by atoms with Crippen LogP contribution in [0.1, 0.15) is 36.8 Å². The maximum Gasteiger partial charge on any atom is 0.339 e. The third-order valence-corrected chi connectivity index (χ3v) is 5.06. The van der Waals surface area contributed by atoms with Crippen molar-refractivity contribution in [2.45, 2.75) is 39.0 Å². The maximum atomic E-state index is 14.2. The van der Waals surface area contributed by atoms with Crippen LogP contribution in [0.5, 0.6) is 0 Å². The van der Waals surface area contributed by atoms with Crippen molar-refractivity contribution in [1.29, 1.82) is 0 Å². The Balaban J connectivity index is 1.82. The number of hydrazine groups is 1. The fourth-order valence-corrected chi connectivity index (χ4v) is 3.37. The van der Waals surface area contributed by atoms with Crippen molar-refractivity contribution in [1.82, 2.24) is 25.6 Å². The van der Waals surface area contributed by atoms with Crippen LogP contribution in [0, 0.1) is 5.82 Å². The Morgan fingerprint density at radius 2 is 1.94 bits per heavy atom. The van der Waals surface area contributed by atoms with E-state index in [0.717, 1.165) is 6.20 Å². The average Bonchev–Trinajstić information content (AvgIpc) is 3.22. The Hall–Kier alpha value is -3.54. The van der Waals surface area contributed by atoms with E-state index in [2.05, 4.69) is 15.7 Å². The van der Waals surface area contributed by atoms with E-state index in [-0.39, 0.29) is 18.8 Å². The fourth-order valence-electron chi connectivity index (χ4n) is 3.20. The van der Waals surface area contributed by atoms with Gasteiger partial charge in [-0.1, -0.05) is 40.7 Å². The van der Waals surface area contributed by atoms with E-state index >= 15 is 0 Å². The number of carbonyl (C=O) groups is 2. The topological polar surface area (TPSA) is 130 Å². The number of halogens is 2. The first-order valence-corrected chi connectivity index (χ1v) is 11.0. The molecule has 0 saturated heterocycles. The number of nitrogens with zero attached hydrogens (tertiary/aromatic N) is 4. The van der Waals surface area contributed by atoms with Crippen molar-refractivity contribution >= 4 is 23.5 Å². The summed E-state index contributed by atoms with van der Waals surface area (Å²) in [7, 11) is 0. The number of amides is 1. The zero-order valence-electron chi connectivity index (χ0n) is 19.3. The molecule has 0 spiro atoms. The Labute approximate surface area is 205 Å². The van der Waals surface area contributed by atoms with Crippen molar-refractivity contribution in [3.8, 4) is 11.1 Å². The molecule has 1 heterocycles. The molecule has 0 aliphatic carbocycles. The summed E-state index contributed by atoms with van der Waals surface area (Å²) in [6, 6.07) is 11.0. The number of hydrogen-bond donors (Lipinski definition) is 3. The maximum absolute atomic E-state index is 14.2.